The zero-order chi connectivity index (χ0) is 11.5. The molecule has 1 aromatic rings. The van der Waals surface area contributed by atoms with Crippen molar-refractivity contribution in [2.24, 2.45) is 5.92 Å². The summed E-state index contributed by atoms with van der Waals surface area (Å²) < 4.78 is 0. The molecule has 4 nitrogen and oxygen atoms in total. The van der Waals surface area contributed by atoms with Crippen LogP contribution in [-0.2, 0) is 0 Å². The Bertz CT molecular complexity index is 379. The van der Waals surface area contributed by atoms with Gasteiger partial charge >= 0.3 is 0 Å². The first kappa shape index (κ1) is 10.8. The second-order valence-corrected chi connectivity index (χ2v) is 4.18. The number of hydrogen-bond acceptors (Lipinski definition) is 3. The Morgan fingerprint density at radius 3 is 2.44 bits per heavy atom. The molecule has 0 heterocycles. The van der Waals surface area contributed by atoms with E-state index in [2.05, 4.69) is 5.32 Å². The van der Waals surface area contributed by atoms with Crippen molar-refractivity contribution < 1.29 is 15.0 Å². The molecule has 1 saturated carbocycles. The summed E-state index contributed by atoms with van der Waals surface area (Å²) in [4.78, 5) is 11.7. The SMILES string of the molecule is O=C(NCC1CCC1)c1c(O)cccc1O. The number of nitrogens with one attached hydrogen (secondary N) is 1. The van der Waals surface area contributed by atoms with Crippen LogP contribution in [0.5, 0.6) is 11.5 Å². The summed E-state index contributed by atoms with van der Waals surface area (Å²) in [6.07, 6.45) is 3.52. The molecule has 0 radical (unpaired) electrons. The molecule has 2 rings (SSSR count). The molecule has 1 aliphatic carbocycles. The Morgan fingerprint density at radius 2 is 1.94 bits per heavy atom. The van der Waals surface area contributed by atoms with Crippen LogP contribution < -0.4 is 5.32 Å². The molecule has 0 saturated heterocycles. The summed E-state index contributed by atoms with van der Waals surface area (Å²) in [5.41, 5.74) is -0.0400. The van der Waals surface area contributed by atoms with Crippen molar-refractivity contribution in [3.63, 3.8) is 0 Å². The van der Waals surface area contributed by atoms with Gasteiger partial charge in [-0.15, -0.1) is 0 Å². The van der Waals surface area contributed by atoms with Gasteiger partial charge in [0.2, 0.25) is 0 Å². The quantitative estimate of drug-likeness (QED) is 0.726. The monoisotopic (exact) mass is 221 g/mol. The lowest BCUT2D eigenvalue weighted by Gasteiger charge is -2.25. The van der Waals surface area contributed by atoms with Crippen LogP contribution in [0.15, 0.2) is 18.2 Å². The lowest BCUT2D eigenvalue weighted by molar-refractivity contribution is 0.0933. The van der Waals surface area contributed by atoms with Gasteiger partial charge in [0.05, 0.1) is 0 Å². The molecule has 1 aliphatic rings. The van der Waals surface area contributed by atoms with Crippen LogP contribution in [0.1, 0.15) is 29.6 Å². The molecule has 16 heavy (non-hydrogen) atoms. The van der Waals surface area contributed by atoms with E-state index in [-0.39, 0.29) is 17.1 Å². The molecule has 0 atom stereocenters. The van der Waals surface area contributed by atoms with Crippen LogP contribution >= 0.6 is 0 Å². The van der Waals surface area contributed by atoms with Crippen molar-refractivity contribution in [2.75, 3.05) is 6.54 Å². The second-order valence-electron chi connectivity index (χ2n) is 4.18. The van der Waals surface area contributed by atoms with Gasteiger partial charge in [0.1, 0.15) is 17.1 Å². The predicted molar refractivity (Wildman–Crippen MR) is 59.4 cm³/mol. The highest BCUT2D eigenvalue weighted by atomic mass is 16.3. The number of aromatic hydroxyl groups is 2. The van der Waals surface area contributed by atoms with E-state index in [0.29, 0.717) is 12.5 Å². The van der Waals surface area contributed by atoms with Gasteiger partial charge in [-0.25, -0.2) is 0 Å². The van der Waals surface area contributed by atoms with E-state index >= 15 is 0 Å². The topological polar surface area (TPSA) is 69.6 Å². The number of carbonyl (C=O) groups excluding carboxylic acids is 1. The zero-order valence-electron chi connectivity index (χ0n) is 8.94. The van der Waals surface area contributed by atoms with Crippen molar-refractivity contribution in [3.8, 4) is 11.5 Å². The van der Waals surface area contributed by atoms with E-state index < -0.39 is 5.91 Å². The van der Waals surface area contributed by atoms with Crippen molar-refractivity contribution >= 4 is 5.91 Å². The maximum absolute atomic E-state index is 11.7. The van der Waals surface area contributed by atoms with E-state index in [1.165, 1.54) is 24.6 Å². The fourth-order valence-corrected chi connectivity index (χ4v) is 1.78. The van der Waals surface area contributed by atoms with E-state index in [1.807, 2.05) is 0 Å². The summed E-state index contributed by atoms with van der Waals surface area (Å²) >= 11 is 0. The van der Waals surface area contributed by atoms with Crippen LogP contribution in [0.2, 0.25) is 0 Å². The van der Waals surface area contributed by atoms with Crippen LogP contribution in [0, 0.1) is 5.92 Å². The zero-order valence-corrected chi connectivity index (χ0v) is 8.94. The summed E-state index contributed by atoms with van der Waals surface area (Å²) in [7, 11) is 0. The fourth-order valence-electron chi connectivity index (χ4n) is 1.78. The average Bonchev–Trinajstić information content (AvgIpc) is 2.15. The van der Waals surface area contributed by atoms with E-state index in [1.54, 1.807) is 0 Å². The smallest absolute Gasteiger partial charge is 0.258 e. The minimum atomic E-state index is -0.414. The maximum Gasteiger partial charge on any atom is 0.258 e. The Labute approximate surface area is 93.9 Å². The molecule has 3 N–H and O–H groups in total. The average molecular weight is 221 g/mol. The van der Waals surface area contributed by atoms with Gasteiger partial charge in [0.15, 0.2) is 0 Å². The third kappa shape index (κ3) is 2.10. The number of hydrogen-bond donors (Lipinski definition) is 3. The molecular formula is C12H15NO3. The second kappa shape index (κ2) is 4.43. The first-order chi connectivity index (χ1) is 7.68. The number of benzene rings is 1. The lowest BCUT2D eigenvalue weighted by Crippen LogP contribution is -2.32. The number of phenols is 2. The van der Waals surface area contributed by atoms with Gasteiger partial charge in [0, 0.05) is 6.54 Å². The fraction of sp³-hybridized carbons (Fsp3) is 0.417. The number of rotatable bonds is 3. The first-order valence-electron chi connectivity index (χ1n) is 5.47. The summed E-state index contributed by atoms with van der Waals surface area (Å²) in [6, 6.07) is 4.27. The third-order valence-corrected chi connectivity index (χ3v) is 3.02. The normalized spacial score (nSPS) is 15.5. The molecule has 86 valence electrons. The summed E-state index contributed by atoms with van der Waals surface area (Å²) in [5.74, 6) is -0.239. The molecular weight excluding hydrogens is 206 g/mol. The number of amides is 1. The Kier molecular flexibility index (Phi) is 2.99. The molecule has 1 fully saturated rings. The highest BCUT2D eigenvalue weighted by molar-refractivity contribution is 5.99. The standard InChI is InChI=1S/C12H15NO3/c14-9-5-2-6-10(15)11(9)12(16)13-7-8-3-1-4-8/h2,5-6,8,14-15H,1,3-4,7H2,(H,13,16). The van der Waals surface area contributed by atoms with Gasteiger partial charge in [-0.05, 0) is 30.9 Å². The van der Waals surface area contributed by atoms with Gasteiger partial charge in [-0.1, -0.05) is 12.5 Å². The van der Waals surface area contributed by atoms with E-state index in [4.69, 9.17) is 0 Å². The molecule has 0 bridgehead atoms. The molecule has 1 aromatic carbocycles. The molecule has 1 amide bonds. The van der Waals surface area contributed by atoms with Crippen molar-refractivity contribution in [1.29, 1.82) is 0 Å². The largest absolute Gasteiger partial charge is 0.507 e. The molecule has 4 heteroatoms. The van der Waals surface area contributed by atoms with Crippen LogP contribution in [-0.4, -0.2) is 22.7 Å². The van der Waals surface area contributed by atoms with Crippen molar-refractivity contribution in [2.45, 2.75) is 19.3 Å². The Hall–Kier alpha value is -1.71. The van der Waals surface area contributed by atoms with E-state index in [9.17, 15) is 15.0 Å². The number of phenolic OH excluding ortho intramolecular Hbond substituents is 2. The van der Waals surface area contributed by atoms with Gasteiger partial charge in [-0.2, -0.15) is 0 Å². The predicted octanol–water partition coefficient (Wildman–Crippen LogP) is 1.63. The van der Waals surface area contributed by atoms with Crippen molar-refractivity contribution in [1.82, 2.24) is 5.32 Å². The minimum Gasteiger partial charge on any atom is -0.507 e. The summed E-state index contributed by atoms with van der Waals surface area (Å²) in [6.45, 7) is 0.618. The lowest BCUT2D eigenvalue weighted by atomic mass is 9.85. The molecule has 0 aromatic heterocycles. The minimum absolute atomic E-state index is 0.0400. The Morgan fingerprint density at radius 1 is 1.31 bits per heavy atom. The van der Waals surface area contributed by atoms with E-state index in [0.717, 1.165) is 12.8 Å². The number of carbonyl (C=O) groups is 1. The van der Waals surface area contributed by atoms with Crippen LogP contribution in [0.4, 0.5) is 0 Å². The van der Waals surface area contributed by atoms with Crippen molar-refractivity contribution in [3.05, 3.63) is 23.8 Å². The van der Waals surface area contributed by atoms with Gasteiger partial charge in [-0.3, -0.25) is 4.79 Å². The van der Waals surface area contributed by atoms with Gasteiger partial charge < -0.3 is 15.5 Å². The van der Waals surface area contributed by atoms with Gasteiger partial charge in [0.25, 0.3) is 5.91 Å². The highest BCUT2D eigenvalue weighted by Gasteiger charge is 2.20. The molecule has 0 spiro atoms. The van der Waals surface area contributed by atoms with Crippen LogP contribution in [0.25, 0.3) is 0 Å². The maximum atomic E-state index is 11.7. The molecule has 0 unspecified atom stereocenters. The van der Waals surface area contributed by atoms with Crippen LogP contribution in [0.3, 0.4) is 0 Å². The summed E-state index contributed by atoms with van der Waals surface area (Å²) in [5, 5.41) is 21.7. The Balaban J connectivity index is 2.02. The third-order valence-electron chi connectivity index (χ3n) is 3.02. The highest BCUT2D eigenvalue weighted by Crippen LogP contribution is 2.27. The molecule has 0 aliphatic heterocycles. The first-order valence-corrected chi connectivity index (χ1v) is 5.47.